The van der Waals surface area contributed by atoms with Gasteiger partial charge < -0.3 is 9.47 Å². The van der Waals surface area contributed by atoms with Gasteiger partial charge in [-0.25, -0.2) is 0 Å². The Morgan fingerprint density at radius 2 is 1.84 bits per heavy atom. The normalized spacial score (nSPS) is 17.4. The number of fused-ring (bicyclic) bond motifs is 1. The number of aryl methyl sites for hydroxylation is 2. The van der Waals surface area contributed by atoms with E-state index in [-0.39, 0.29) is 25.1 Å². The van der Waals surface area contributed by atoms with Crippen LogP contribution in [0.1, 0.15) is 36.8 Å². The molecule has 6 nitrogen and oxygen atoms in total. The van der Waals surface area contributed by atoms with E-state index >= 15 is 0 Å². The van der Waals surface area contributed by atoms with Crippen LogP contribution in [0.5, 0.6) is 11.5 Å². The average Bonchev–Trinajstić information content (AvgIpc) is 3.47. The maximum absolute atomic E-state index is 13.3. The molecule has 0 spiro atoms. The highest BCUT2D eigenvalue weighted by atomic mass is 19.3. The summed E-state index contributed by atoms with van der Waals surface area (Å²) in [5.41, 5.74) is 3.67. The number of carbonyl (C=O) groups is 1. The third kappa shape index (κ3) is 3.52. The molecule has 1 aromatic carbocycles. The van der Waals surface area contributed by atoms with Crippen molar-refractivity contribution in [1.82, 2.24) is 15.0 Å². The van der Waals surface area contributed by atoms with Crippen LogP contribution in [0, 0.1) is 13.8 Å². The van der Waals surface area contributed by atoms with E-state index in [2.05, 4.69) is 24.4 Å². The molecule has 1 aliphatic heterocycles. The minimum Gasteiger partial charge on any atom is -0.395 e. The monoisotopic (exact) mass is 425 g/mol. The van der Waals surface area contributed by atoms with E-state index in [9.17, 15) is 13.6 Å². The fraction of sp³-hybridized carbons (Fsp3) is 0.304. The van der Waals surface area contributed by atoms with Crippen molar-refractivity contribution in [3.05, 3.63) is 65.2 Å². The lowest BCUT2D eigenvalue weighted by Gasteiger charge is -2.15. The second-order valence-corrected chi connectivity index (χ2v) is 8.02. The number of nitrogens with zero attached hydrogens (tertiary/aromatic N) is 3. The van der Waals surface area contributed by atoms with Gasteiger partial charge in [-0.1, -0.05) is 12.1 Å². The van der Waals surface area contributed by atoms with Crippen molar-refractivity contribution >= 4 is 5.78 Å². The van der Waals surface area contributed by atoms with Crippen LogP contribution in [-0.4, -0.2) is 27.0 Å². The summed E-state index contributed by atoms with van der Waals surface area (Å²) in [6.45, 7) is 3.79. The number of hydrogen-bond donors (Lipinski definition) is 0. The van der Waals surface area contributed by atoms with E-state index in [1.165, 1.54) is 12.1 Å². The summed E-state index contributed by atoms with van der Waals surface area (Å²) in [6.07, 6.45) is 1.12. The van der Waals surface area contributed by atoms with Gasteiger partial charge in [-0.2, -0.15) is 0 Å². The van der Waals surface area contributed by atoms with Gasteiger partial charge in [-0.05, 0) is 56.0 Å². The van der Waals surface area contributed by atoms with E-state index in [0.717, 1.165) is 11.3 Å². The fourth-order valence-corrected chi connectivity index (χ4v) is 3.88. The number of aromatic nitrogens is 3. The summed E-state index contributed by atoms with van der Waals surface area (Å²) >= 11 is 0. The van der Waals surface area contributed by atoms with Gasteiger partial charge in [0, 0.05) is 19.7 Å². The predicted octanol–water partition coefficient (Wildman–Crippen LogP) is 4.57. The summed E-state index contributed by atoms with van der Waals surface area (Å²) in [5, 5.41) is 0. The molecule has 5 rings (SSSR count). The van der Waals surface area contributed by atoms with Crippen molar-refractivity contribution < 1.29 is 24.5 Å². The van der Waals surface area contributed by atoms with Crippen LogP contribution in [0.25, 0.3) is 11.4 Å². The molecule has 0 radical (unpaired) electrons. The number of carbonyl (C=O) groups excluding carboxylic acids is 1. The molecule has 3 heterocycles. The second-order valence-electron chi connectivity index (χ2n) is 8.02. The predicted molar refractivity (Wildman–Crippen MR) is 109 cm³/mol. The maximum Gasteiger partial charge on any atom is 0.586 e. The fourth-order valence-electron chi connectivity index (χ4n) is 3.88. The molecule has 0 saturated heterocycles. The SMILES string of the molecule is Cc1cnc(-c2nc(CC(=O)C3(c4ccc5c(c4)OC(F)(F)O5)CC3)ccc2C)cn1.[HH]. The summed E-state index contributed by atoms with van der Waals surface area (Å²) in [6, 6.07) is 8.31. The number of halogens is 2. The Balaban J connectivity index is 0.00000245. The average molecular weight is 425 g/mol. The van der Waals surface area contributed by atoms with E-state index in [4.69, 9.17) is 0 Å². The zero-order valence-electron chi connectivity index (χ0n) is 17.0. The third-order valence-corrected chi connectivity index (χ3v) is 5.76. The molecule has 2 aromatic heterocycles. The lowest BCUT2D eigenvalue weighted by atomic mass is 9.88. The topological polar surface area (TPSA) is 74.2 Å². The molecule has 1 saturated carbocycles. The highest BCUT2D eigenvalue weighted by Crippen LogP contribution is 2.52. The molecule has 160 valence electrons. The second kappa shape index (κ2) is 6.80. The number of hydrogen-bond acceptors (Lipinski definition) is 6. The van der Waals surface area contributed by atoms with Gasteiger partial charge in [0.1, 0.15) is 11.5 Å². The van der Waals surface area contributed by atoms with Gasteiger partial charge in [0.25, 0.3) is 0 Å². The molecule has 0 unspecified atom stereocenters. The number of ketones is 1. The Bertz CT molecular complexity index is 1200. The van der Waals surface area contributed by atoms with Crippen molar-refractivity contribution in [2.75, 3.05) is 0 Å². The smallest absolute Gasteiger partial charge is 0.395 e. The lowest BCUT2D eigenvalue weighted by Crippen LogP contribution is -2.26. The van der Waals surface area contributed by atoms with Gasteiger partial charge >= 0.3 is 6.29 Å². The first kappa shape index (κ1) is 19.5. The number of pyridine rings is 1. The first-order valence-electron chi connectivity index (χ1n) is 9.95. The number of benzene rings is 1. The van der Waals surface area contributed by atoms with Crippen molar-refractivity contribution in [3.8, 4) is 22.9 Å². The molecular formula is C23H21F2N3O3. The first-order valence-corrected chi connectivity index (χ1v) is 9.95. The summed E-state index contributed by atoms with van der Waals surface area (Å²) < 4.78 is 35.7. The molecule has 0 bridgehead atoms. The van der Waals surface area contributed by atoms with Crippen molar-refractivity contribution in [2.24, 2.45) is 0 Å². The first-order chi connectivity index (χ1) is 14.8. The summed E-state index contributed by atoms with van der Waals surface area (Å²) in [4.78, 5) is 26.5. The minimum absolute atomic E-state index is 0. The molecule has 31 heavy (non-hydrogen) atoms. The van der Waals surface area contributed by atoms with E-state index in [0.29, 0.717) is 35.5 Å². The van der Waals surface area contributed by atoms with Crippen LogP contribution in [0.15, 0.2) is 42.7 Å². The van der Waals surface area contributed by atoms with Crippen LogP contribution in [0.4, 0.5) is 8.78 Å². The summed E-state index contributed by atoms with van der Waals surface area (Å²) in [7, 11) is 0. The molecule has 0 N–H and O–H groups in total. The van der Waals surface area contributed by atoms with Crippen LogP contribution in [0.3, 0.4) is 0 Å². The van der Waals surface area contributed by atoms with Crippen LogP contribution >= 0.6 is 0 Å². The Morgan fingerprint density at radius 1 is 1.06 bits per heavy atom. The number of rotatable bonds is 5. The van der Waals surface area contributed by atoms with Gasteiger partial charge in [0.15, 0.2) is 11.5 Å². The molecular weight excluding hydrogens is 404 g/mol. The Hall–Kier alpha value is -3.42. The zero-order chi connectivity index (χ0) is 21.8. The van der Waals surface area contributed by atoms with E-state index in [1.807, 2.05) is 26.0 Å². The molecule has 8 heteroatoms. The van der Waals surface area contributed by atoms with Gasteiger partial charge in [0.05, 0.1) is 23.0 Å². The summed E-state index contributed by atoms with van der Waals surface area (Å²) in [5.74, 6) is -0.0771. The Morgan fingerprint density at radius 3 is 2.55 bits per heavy atom. The van der Waals surface area contributed by atoms with Crippen LogP contribution < -0.4 is 9.47 Å². The largest absolute Gasteiger partial charge is 0.586 e. The van der Waals surface area contributed by atoms with Crippen LogP contribution in [0.2, 0.25) is 0 Å². The Labute approximate surface area is 178 Å². The van der Waals surface area contributed by atoms with E-state index < -0.39 is 11.7 Å². The third-order valence-electron chi connectivity index (χ3n) is 5.76. The zero-order valence-corrected chi connectivity index (χ0v) is 17.0. The highest BCUT2D eigenvalue weighted by molar-refractivity contribution is 5.94. The Kier molecular flexibility index (Phi) is 4.28. The molecule has 1 fully saturated rings. The molecule has 0 amide bonds. The standard InChI is InChI=1S/C23H19F2N3O3.H2/c1-13-3-5-16(28-21(13)17-12-26-14(2)11-27-17)10-20(29)22(7-8-22)15-4-6-18-19(9-15)31-23(24,25)30-18;/h3-6,9,11-12H,7-8,10H2,1-2H3;1H. The van der Waals surface area contributed by atoms with Gasteiger partial charge in [-0.3, -0.25) is 19.7 Å². The van der Waals surface area contributed by atoms with Gasteiger partial charge in [-0.15, -0.1) is 8.78 Å². The van der Waals surface area contributed by atoms with E-state index in [1.54, 1.807) is 18.5 Å². The lowest BCUT2D eigenvalue weighted by molar-refractivity contribution is -0.286. The van der Waals surface area contributed by atoms with Gasteiger partial charge in [0.2, 0.25) is 0 Å². The van der Waals surface area contributed by atoms with Crippen molar-refractivity contribution in [3.63, 3.8) is 0 Å². The molecule has 3 aromatic rings. The highest BCUT2D eigenvalue weighted by Gasteiger charge is 2.52. The molecule has 2 aliphatic rings. The quantitative estimate of drug-likeness (QED) is 0.596. The van der Waals surface area contributed by atoms with Crippen LogP contribution in [-0.2, 0) is 16.6 Å². The molecule has 1 aliphatic carbocycles. The number of alkyl halides is 2. The number of ether oxygens (including phenoxy) is 2. The van der Waals surface area contributed by atoms with Crippen molar-refractivity contribution in [2.45, 2.75) is 44.8 Å². The maximum atomic E-state index is 13.3. The number of Topliss-reactive ketones (excluding diaryl/α,β-unsaturated/α-hetero) is 1. The molecule has 0 atom stereocenters. The van der Waals surface area contributed by atoms with Crippen molar-refractivity contribution in [1.29, 1.82) is 0 Å². The minimum atomic E-state index is -3.68.